The number of halogens is 1. The van der Waals surface area contributed by atoms with Gasteiger partial charge in [-0.1, -0.05) is 0 Å². The zero-order valence-corrected chi connectivity index (χ0v) is 14.5. The van der Waals surface area contributed by atoms with E-state index in [1.54, 1.807) is 22.2 Å². The van der Waals surface area contributed by atoms with Crippen LogP contribution < -0.4 is 5.32 Å². The molecule has 1 aliphatic rings. The fourth-order valence-electron chi connectivity index (χ4n) is 2.99. The summed E-state index contributed by atoms with van der Waals surface area (Å²) in [5.74, 6) is -0.0303. The first-order chi connectivity index (χ1) is 11.6. The van der Waals surface area contributed by atoms with E-state index in [1.165, 1.54) is 0 Å². The number of aryl methyl sites for hydroxylation is 2. The van der Waals surface area contributed by atoms with Gasteiger partial charge in [0.2, 0.25) is 5.91 Å². The third-order valence-electron chi connectivity index (χ3n) is 4.17. The van der Waals surface area contributed by atoms with Crippen LogP contribution in [0.2, 0.25) is 0 Å². The molecule has 0 spiro atoms. The van der Waals surface area contributed by atoms with Gasteiger partial charge in [-0.3, -0.25) is 14.4 Å². The Morgan fingerprint density at radius 1 is 1.54 bits per heavy atom. The van der Waals surface area contributed by atoms with Crippen LogP contribution in [0.15, 0.2) is 23.8 Å². The number of aromatic nitrogens is 3. The van der Waals surface area contributed by atoms with E-state index < -0.39 is 6.17 Å². The zero-order chi connectivity index (χ0) is 16.9. The molecule has 8 heteroatoms. The number of rotatable bonds is 7. The van der Waals surface area contributed by atoms with Crippen molar-refractivity contribution in [2.45, 2.75) is 45.1 Å². The normalized spacial score (nSPS) is 21.2. The molecule has 24 heavy (non-hydrogen) atoms. The molecule has 0 radical (unpaired) electrons. The van der Waals surface area contributed by atoms with E-state index in [0.717, 1.165) is 10.7 Å². The predicted molar refractivity (Wildman–Crippen MR) is 90.4 cm³/mol. The lowest BCUT2D eigenvalue weighted by Gasteiger charge is -2.23. The first-order valence-electron chi connectivity index (χ1n) is 8.13. The van der Waals surface area contributed by atoms with Crippen molar-refractivity contribution in [2.24, 2.45) is 0 Å². The zero-order valence-electron chi connectivity index (χ0n) is 13.7. The summed E-state index contributed by atoms with van der Waals surface area (Å²) in [7, 11) is 0. The number of amides is 1. The van der Waals surface area contributed by atoms with Crippen LogP contribution in [0.4, 0.5) is 4.39 Å². The number of carbonyl (C=O) groups is 1. The van der Waals surface area contributed by atoms with Gasteiger partial charge in [-0.15, -0.1) is 11.3 Å². The van der Waals surface area contributed by atoms with Gasteiger partial charge in [-0.05, 0) is 19.4 Å². The lowest BCUT2D eigenvalue weighted by molar-refractivity contribution is -0.121. The highest BCUT2D eigenvalue weighted by Gasteiger charge is 2.32. The predicted octanol–water partition coefficient (Wildman–Crippen LogP) is 1.77. The second kappa shape index (κ2) is 7.85. The monoisotopic (exact) mass is 351 g/mol. The number of carbonyl (C=O) groups excluding carboxylic acids is 1. The van der Waals surface area contributed by atoms with Crippen LogP contribution in [0.25, 0.3) is 0 Å². The Morgan fingerprint density at radius 2 is 2.42 bits per heavy atom. The molecule has 0 aromatic carbocycles. The Balaban J connectivity index is 1.46. The van der Waals surface area contributed by atoms with E-state index in [9.17, 15) is 9.18 Å². The third kappa shape index (κ3) is 4.61. The number of alkyl halides is 1. The molecule has 1 amide bonds. The van der Waals surface area contributed by atoms with Crippen molar-refractivity contribution in [2.75, 3.05) is 13.1 Å². The van der Waals surface area contributed by atoms with Gasteiger partial charge in [-0.2, -0.15) is 5.10 Å². The summed E-state index contributed by atoms with van der Waals surface area (Å²) in [6, 6.07) is 1.85. The fraction of sp³-hybridized carbons (Fsp3) is 0.562. The minimum absolute atomic E-state index is 0.0238. The lowest BCUT2D eigenvalue weighted by Crippen LogP contribution is -2.40. The minimum atomic E-state index is -0.837. The molecular formula is C16H22FN5OS. The van der Waals surface area contributed by atoms with Gasteiger partial charge in [0.25, 0.3) is 0 Å². The van der Waals surface area contributed by atoms with E-state index in [0.29, 0.717) is 39.0 Å². The average molecular weight is 351 g/mol. The van der Waals surface area contributed by atoms with Crippen molar-refractivity contribution in [3.8, 4) is 0 Å². The molecule has 0 unspecified atom stereocenters. The molecule has 2 aromatic heterocycles. The summed E-state index contributed by atoms with van der Waals surface area (Å²) >= 11 is 1.60. The van der Waals surface area contributed by atoms with Crippen LogP contribution in [-0.2, 0) is 17.9 Å². The van der Waals surface area contributed by atoms with E-state index in [4.69, 9.17) is 0 Å². The Morgan fingerprint density at radius 3 is 3.12 bits per heavy atom. The van der Waals surface area contributed by atoms with Crippen LogP contribution in [0, 0.1) is 6.92 Å². The molecule has 0 aliphatic carbocycles. The second-order valence-corrected chi connectivity index (χ2v) is 7.16. The molecule has 0 saturated carbocycles. The van der Waals surface area contributed by atoms with Crippen molar-refractivity contribution in [1.82, 2.24) is 25.0 Å². The standard InChI is InChI=1S/C16H22FN5OS/c1-12-20-14(11-24-12)10-21-9-13(17)7-15(21)8-18-16(23)3-6-22-5-2-4-19-22/h2,4-5,11,13,15H,3,6-10H2,1H3,(H,18,23)/t13-,15-/m0/s1. The molecule has 0 bridgehead atoms. The van der Waals surface area contributed by atoms with Crippen molar-refractivity contribution < 1.29 is 9.18 Å². The van der Waals surface area contributed by atoms with Crippen molar-refractivity contribution in [3.05, 3.63) is 34.5 Å². The lowest BCUT2D eigenvalue weighted by atomic mass is 10.2. The molecule has 3 heterocycles. The van der Waals surface area contributed by atoms with Crippen LogP contribution >= 0.6 is 11.3 Å². The second-order valence-electron chi connectivity index (χ2n) is 6.10. The first-order valence-corrected chi connectivity index (χ1v) is 9.01. The number of hydrogen-bond donors (Lipinski definition) is 1. The summed E-state index contributed by atoms with van der Waals surface area (Å²) in [6.45, 7) is 4.04. The molecule has 1 aliphatic heterocycles. The van der Waals surface area contributed by atoms with Crippen molar-refractivity contribution in [1.29, 1.82) is 0 Å². The van der Waals surface area contributed by atoms with E-state index in [1.807, 2.05) is 24.6 Å². The fourth-order valence-corrected chi connectivity index (χ4v) is 3.59. The average Bonchev–Trinajstić information content (AvgIpc) is 3.26. The summed E-state index contributed by atoms with van der Waals surface area (Å²) < 4.78 is 15.5. The number of thiazole rings is 1. The van der Waals surface area contributed by atoms with E-state index in [2.05, 4.69) is 20.3 Å². The van der Waals surface area contributed by atoms with Crippen LogP contribution in [0.1, 0.15) is 23.5 Å². The molecule has 130 valence electrons. The Labute approximate surface area is 144 Å². The van der Waals surface area contributed by atoms with Gasteiger partial charge in [-0.25, -0.2) is 9.37 Å². The maximum atomic E-state index is 13.8. The highest BCUT2D eigenvalue weighted by Crippen LogP contribution is 2.23. The van der Waals surface area contributed by atoms with E-state index in [-0.39, 0.29) is 11.9 Å². The van der Waals surface area contributed by atoms with Crippen LogP contribution in [-0.4, -0.2) is 50.9 Å². The Kier molecular flexibility index (Phi) is 5.57. The molecule has 1 saturated heterocycles. The summed E-state index contributed by atoms with van der Waals surface area (Å²) in [4.78, 5) is 18.5. The molecule has 2 aromatic rings. The van der Waals surface area contributed by atoms with E-state index >= 15 is 0 Å². The smallest absolute Gasteiger partial charge is 0.221 e. The summed E-state index contributed by atoms with van der Waals surface area (Å²) in [5, 5.41) is 10.0. The SMILES string of the molecule is Cc1nc(CN2C[C@@H](F)C[C@H]2CNC(=O)CCn2cccn2)cs1. The largest absolute Gasteiger partial charge is 0.354 e. The van der Waals surface area contributed by atoms with Crippen molar-refractivity contribution >= 4 is 17.2 Å². The maximum Gasteiger partial charge on any atom is 0.221 e. The van der Waals surface area contributed by atoms with Gasteiger partial charge in [0.05, 0.1) is 10.7 Å². The minimum Gasteiger partial charge on any atom is -0.354 e. The van der Waals surface area contributed by atoms with Gasteiger partial charge < -0.3 is 5.32 Å². The maximum absolute atomic E-state index is 13.8. The number of hydrogen-bond acceptors (Lipinski definition) is 5. The highest BCUT2D eigenvalue weighted by molar-refractivity contribution is 7.09. The van der Waals surface area contributed by atoms with Crippen LogP contribution in [0.5, 0.6) is 0 Å². The number of nitrogens with one attached hydrogen (secondary N) is 1. The summed E-state index contributed by atoms with van der Waals surface area (Å²) in [6.07, 6.45) is 3.52. The van der Waals surface area contributed by atoms with Gasteiger partial charge >= 0.3 is 0 Å². The Hall–Kier alpha value is -1.80. The van der Waals surface area contributed by atoms with Crippen molar-refractivity contribution in [3.63, 3.8) is 0 Å². The number of nitrogens with zero attached hydrogens (tertiary/aromatic N) is 4. The topological polar surface area (TPSA) is 63.1 Å². The summed E-state index contributed by atoms with van der Waals surface area (Å²) in [5.41, 5.74) is 0.974. The quantitative estimate of drug-likeness (QED) is 0.826. The molecule has 1 fully saturated rings. The Bertz CT molecular complexity index is 659. The number of likely N-dealkylation sites (tertiary alicyclic amines) is 1. The highest BCUT2D eigenvalue weighted by atomic mass is 32.1. The molecule has 3 rings (SSSR count). The molecule has 1 N–H and O–H groups in total. The molecular weight excluding hydrogens is 329 g/mol. The third-order valence-corrected chi connectivity index (χ3v) is 4.99. The van der Waals surface area contributed by atoms with Gasteiger partial charge in [0.1, 0.15) is 6.17 Å². The van der Waals surface area contributed by atoms with Gasteiger partial charge in [0, 0.05) is 56.4 Å². The van der Waals surface area contributed by atoms with Crippen LogP contribution in [0.3, 0.4) is 0 Å². The van der Waals surface area contributed by atoms with Gasteiger partial charge in [0.15, 0.2) is 0 Å². The molecule has 6 nitrogen and oxygen atoms in total. The first kappa shape index (κ1) is 17.0. The molecule has 2 atom stereocenters.